The van der Waals surface area contributed by atoms with E-state index in [0.717, 1.165) is 22.4 Å². The second kappa shape index (κ2) is 10.1. The summed E-state index contributed by atoms with van der Waals surface area (Å²) in [5, 5.41) is 12.4. The van der Waals surface area contributed by atoms with Crippen molar-refractivity contribution in [3.8, 4) is 11.5 Å². The number of amides is 3. The average Bonchev–Trinajstić information content (AvgIpc) is 3.28. The molecule has 0 radical (unpaired) electrons. The summed E-state index contributed by atoms with van der Waals surface area (Å²) in [6, 6.07) is 15.6. The molecule has 3 aromatic rings. The summed E-state index contributed by atoms with van der Waals surface area (Å²) >= 11 is 1.52. The molecule has 0 bridgehead atoms. The van der Waals surface area contributed by atoms with Crippen molar-refractivity contribution >= 4 is 34.9 Å². The fourth-order valence-corrected chi connectivity index (χ4v) is 7.06. The van der Waals surface area contributed by atoms with Gasteiger partial charge in [0.15, 0.2) is 0 Å². The number of hydrogen-bond acceptors (Lipinski definition) is 6. The standard InChI is InChI=1S/C30H31N5O4S/c1-30-13-23(29(38)34-12-11-21-22(27(31)32)17-40-24(21)16-34)35(25(30)14-30)26(36)15-33-28(37)18-7-9-20(10-8-18)39-19-5-3-2-4-6-19/h2-10,17,23,25H,11-16H2,1H3,(H3,31,32)(H,33,37)/t23-,25?,30-/m0/s1. The molecule has 3 amide bonds. The van der Waals surface area contributed by atoms with E-state index in [1.165, 1.54) is 11.3 Å². The molecular weight excluding hydrogens is 526 g/mol. The van der Waals surface area contributed by atoms with E-state index in [4.69, 9.17) is 15.9 Å². The van der Waals surface area contributed by atoms with Crippen LogP contribution in [-0.2, 0) is 22.6 Å². The Morgan fingerprint density at radius 3 is 2.55 bits per heavy atom. The van der Waals surface area contributed by atoms with Gasteiger partial charge in [0.2, 0.25) is 11.8 Å². The Hall–Kier alpha value is -4.18. The molecule has 4 N–H and O–H groups in total. The van der Waals surface area contributed by atoms with E-state index in [9.17, 15) is 14.4 Å². The smallest absolute Gasteiger partial charge is 0.251 e. The summed E-state index contributed by atoms with van der Waals surface area (Å²) in [5.41, 5.74) is 7.89. The van der Waals surface area contributed by atoms with Crippen LogP contribution in [-0.4, -0.2) is 58.5 Å². The summed E-state index contributed by atoms with van der Waals surface area (Å²) in [5.74, 6) is 0.711. The van der Waals surface area contributed by atoms with Gasteiger partial charge >= 0.3 is 0 Å². The molecule has 0 spiro atoms. The van der Waals surface area contributed by atoms with Crippen LogP contribution >= 0.6 is 11.3 Å². The van der Waals surface area contributed by atoms with Gasteiger partial charge in [0.1, 0.15) is 23.4 Å². The number of fused-ring (bicyclic) bond motifs is 2. The molecule has 6 rings (SSSR count). The van der Waals surface area contributed by atoms with E-state index in [1.807, 2.05) is 40.6 Å². The fourth-order valence-electron chi connectivity index (χ4n) is 5.95. The molecule has 206 valence electrons. The van der Waals surface area contributed by atoms with E-state index in [0.29, 0.717) is 43.0 Å². The van der Waals surface area contributed by atoms with E-state index < -0.39 is 6.04 Å². The van der Waals surface area contributed by atoms with Gasteiger partial charge in [0.05, 0.1) is 13.1 Å². The van der Waals surface area contributed by atoms with Gasteiger partial charge < -0.3 is 25.6 Å². The Morgan fingerprint density at radius 2 is 1.82 bits per heavy atom. The van der Waals surface area contributed by atoms with Crippen LogP contribution in [0, 0.1) is 10.8 Å². The summed E-state index contributed by atoms with van der Waals surface area (Å²) in [4.78, 5) is 44.4. The second-order valence-corrected chi connectivity index (χ2v) is 12.0. The zero-order valence-corrected chi connectivity index (χ0v) is 23.0. The van der Waals surface area contributed by atoms with Crippen molar-refractivity contribution in [3.05, 3.63) is 81.5 Å². The minimum Gasteiger partial charge on any atom is -0.457 e. The molecule has 1 aromatic heterocycles. The zero-order chi connectivity index (χ0) is 28.0. The number of nitrogens with zero attached hydrogens (tertiary/aromatic N) is 2. The number of nitrogen functional groups attached to an aromatic ring is 1. The maximum atomic E-state index is 13.7. The highest BCUT2D eigenvalue weighted by atomic mass is 32.1. The zero-order valence-electron chi connectivity index (χ0n) is 22.2. The SMILES string of the molecule is C[C@]12CC1N(C(=O)CNC(=O)c1ccc(Oc3ccccc3)cc1)[C@H](C(=O)N1CCc3c(C(=N)N)csc3C1)C2. The number of thiophene rings is 1. The number of nitrogens with one attached hydrogen (secondary N) is 2. The molecule has 10 heteroatoms. The number of ether oxygens (including phenoxy) is 1. The molecule has 1 aliphatic carbocycles. The number of amidine groups is 1. The third kappa shape index (κ3) is 4.83. The van der Waals surface area contributed by atoms with Crippen molar-refractivity contribution in [1.82, 2.24) is 15.1 Å². The van der Waals surface area contributed by atoms with Crippen LogP contribution < -0.4 is 15.8 Å². The Balaban J connectivity index is 1.08. The van der Waals surface area contributed by atoms with Crippen LogP contribution in [0.1, 0.15) is 46.1 Å². The Morgan fingerprint density at radius 1 is 1.10 bits per heavy atom. The highest BCUT2D eigenvalue weighted by Crippen LogP contribution is 2.59. The van der Waals surface area contributed by atoms with Gasteiger partial charge in [-0.3, -0.25) is 19.8 Å². The quantitative estimate of drug-likeness (QED) is 0.303. The lowest BCUT2D eigenvalue weighted by Gasteiger charge is -2.34. The van der Waals surface area contributed by atoms with Crippen molar-refractivity contribution < 1.29 is 19.1 Å². The van der Waals surface area contributed by atoms with E-state index in [1.54, 1.807) is 29.2 Å². The number of piperidine rings is 1. The Labute approximate surface area is 236 Å². The molecule has 3 atom stereocenters. The summed E-state index contributed by atoms with van der Waals surface area (Å²) < 4.78 is 5.78. The van der Waals surface area contributed by atoms with E-state index >= 15 is 0 Å². The van der Waals surface area contributed by atoms with Crippen LogP contribution in [0.25, 0.3) is 0 Å². The number of carbonyl (C=O) groups excluding carboxylic acids is 3. The topological polar surface area (TPSA) is 129 Å². The monoisotopic (exact) mass is 557 g/mol. The maximum absolute atomic E-state index is 13.7. The number of nitrogens with two attached hydrogens (primary N) is 1. The van der Waals surface area contributed by atoms with Crippen molar-refractivity contribution in [2.24, 2.45) is 11.1 Å². The van der Waals surface area contributed by atoms with Gasteiger partial charge in [-0.1, -0.05) is 25.1 Å². The van der Waals surface area contributed by atoms with Gasteiger partial charge in [-0.2, -0.15) is 0 Å². The lowest BCUT2D eigenvalue weighted by atomic mass is 9.99. The lowest BCUT2D eigenvalue weighted by molar-refractivity contribution is -0.145. The normalized spacial score (nSPS) is 22.7. The van der Waals surface area contributed by atoms with E-state index in [-0.39, 0.29) is 41.6 Å². The highest BCUT2D eigenvalue weighted by Gasteiger charge is 2.64. The van der Waals surface area contributed by atoms with Gasteiger partial charge in [0, 0.05) is 34.0 Å². The van der Waals surface area contributed by atoms with Gasteiger partial charge in [0.25, 0.3) is 5.91 Å². The first-order chi connectivity index (χ1) is 19.2. The van der Waals surface area contributed by atoms with Gasteiger partial charge in [-0.15, -0.1) is 11.3 Å². The molecule has 2 aliphatic heterocycles. The van der Waals surface area contributed by atoms with E-state index in [2.05, 4.69) is 12.2 Å². The largest absolute Gasteiger partial charge is 0.457 e. The van der Waals surface area contributed by atoms with Gasteiger partial charge in [-0.25, -0.2) is 0 Å². The molecule has 1 unspecified atom stereocenters. The molecule has 2 aromatic carbocycles. The molecule has 1 saturated carbocycles. The molecular formula is C30H31N5O4S. The number of likely N-dealkylation sites (tertiary alicyclic amines) is 1. The number of rotatable bonds is 7. The van der Waals surface area contributed by atoms with Crippen molar-refractivity contribution in [2.45, 2.75) is 44.8 Å². The third-order valence-corrected chi connectivity index (χ3v) is 9.27. The van der Waals surface area contributed by atoms with Crippen LogP contribution in [0.3, 0.4) is 0 Å². The molecule has 9 nitrogen and oxygen atoms in total. The Kier molecular flexibility index (Phi) is 6.58. The minimum absolute atomic E-state index is 0.0201. The fraction of sp³-hybridized carbons (Fsp3) is 0.333. The predicted octanol–water partition coefficient (Wildman–Crippen LogP) is 3.52. The molecule has 40 heavy (non-hydrogen) atoms. The summed E-state index contributed by atoms with van der Waals surface area (Å²) in [6.07, 6.45) is 2.15. The predicted molar refractivity (Wildman–Crippen MR) is 152 cm³/mol. The van der Waals surface area contributed by atoms with Crippen LogP contribution in [0.4, 0.5) is 0 Å². The first-order valence-electron chi connectivity index (χ1n) is 13.4. The number of para-hydroxylation sites is 1. The number of carbonyl (C=O) groups is 3. The Bertz CT molecular complexity index is 1490. The number of benzene rings is 2. The van der Waals surface area contributed by atoms with Crippen LogP contribution in [0.15, 0.2) is 60.0 Å². The van der Waals surface area contributed by atoms with Crippen molar-refractivity contribution in [1.29, 1.82) is 5.41 Å². The molecule has 2 fully saturated rings. The first kappa shape index (κ1) is 26.1. The van der Waals surface area contributed by atoms with Gasteiger partial charge in [-0.05, 0) is 66.6 Å². The molecule has 3 heterocycles. The first-order valence-corrected chi connectivity index (χ1v) is 14.3. The third-order valence-electron chi connectivity index (χ3n) is 8.25. The second-order valence-electron chi connectivity index (χ2n) is 11.0. The molecule has 3 aliphatic rings. The average molecular weight is 558 g/mol. The highest BCUT2D eigenvalue weighted by molar-refractivity contribution is 7.10. The summed E-state index contributed by atoms with van der Waals surface area (Å²) in [7, 11) is 0. The minimum atomic E-state index is -0.531. The van der Waals surface area contributed by atoms with Crippen LogP contribution in [0.5, 0.6) is 11.5 Å². The maximum Gasteiger partial charge on any atom is 0.251 e. The summed E-state index contributed by atoms with van der Waals surface area (Å²) in [6.45, 7) is 2.94. The number of hydrogen-bond donors (Lipinski definition) is 3. The lowest BCUT2D eigenvalue weighted by Crippen LogP contribution is -2.52. The van der Waals surface area contributed by atoms with Crippen LogP contribution in [0.2, 0.25) is 0 Å². The van der Waals surface area contributed by atoms with Crippen molar-refractivity contribution in [3.63, 3.8) is 0 Å². The van der Waals surface area contributed by atoms with Crippen molar-refractivity contribution in [2.75, 3.05) is 13.1 Å². The molecule has 1 saturated heterocycles.